The maximum atomic E-state index is 13.1. The molecule has 1 heterocycles. The minimum Gasteiger partial charge on any atom is -0.492 e. The molecule has 3 rings (SSSR count). The van der Waals surface area contributed by atoms with E-state index in [0.717, 1.165) is 6.07 Å². The molecule has 1 N–H and O–H groups in total. The van der Waals surface area contributed by atoms with Gasteiger partial charge in [0.05, 0.1) is 28.3 Å². The van der Waals surface area contributed by atoms with Gasteiger partial charge in [-0.25, -0.2) is 8.42 Å². The summed E-state index contributed by atoms with van der Waals surface area (Å²) in [5.41, 5.74) is -3.99. The van der Waals surface area contributed by atoms with Crippen LogP contribution >= 0.6 is 0 Å². The molecule has 0 saturated heterocycles. The van der Waals surface area contributed by atoms with Crippen LogP contribution in [0.4, 0.5) is 32.0 Å². The van der Waals surface area contributed by atoms with Crippen molar-refractivity contribution in [3.05, 3.63) is 59.8 Å². The summed E-state index contributed by atoms with van der Waals surface area (Å²) < 4.78 is 111. The Hall–Kier alpha value is -3.02. The Morgan fingerprint density at radius 2 is 1.58 bits per heavy atom. The van der Waals surface area contributed by atoms with Crippen molar-refractivity contribution < 1.29 is 39.5 Å². The van der Waals surface area contributed by atoms with E-state index in [1.54, 1.807) is 11.6 Å². The van der Waals surface area contributed by atoms with Crippen molar-refractivity contribution in [2.75, 3.05) is 11.3 Å². The van der Waals surface area contributed by atoms with Crippen molar-refractivity contribution in [3.8, 4) is 5.75 Å². The highest BCUT2D eigenvalue weighted by atomic mass is 32.2. The smallest absolute Gasteiger partial charge is 0.416 e. The van der Waals surface area contributed by atoms with E-state index in [1.807, 2.05) is 0 Å². The normalized spacial score (nSPS) is 12.7. The van der Waals surface area contributed by atoms with Gasteiger partial charge in [0.15, 0.2) is 0 Å². The van der Waals surface area contributed by atoms with Gasteiger partial charge in [-0.2, -0.15) is 26.3 Å². The number of pyridine rings is 1. The molecule has 0 amide bonds. The van der Waals surface area contributed by atoms with Crippen LogP contribution < -0.4 is 9.46 Å². The highest BCUT2D eigenvalue weighted by Gasteiger charge is 2.37. The minimum absolute atomic E-state index is 0.0870. The molecule has 2 aromatic carbocycles. The molecule has 0 spiro atoms. The number of ether oxygens (including phenoxy) is 1. The van der Waals surface area contributed by atoms with Crippen LogP contribution in [0.2, 0.25) is 0 Å². The maximum absolute atomic E-state index is 13.1. The average molecular weight is 464 g/mol. The zero-order valence-electron chi connectivity index (χ0n) is 15.7. The summed E-state index contributed by atoms with van der Waals surface area (Å²) in [7, 11) is -4.58. The van der Waals surface area contributed by atoms with E-state index in [1.165, 1.54) is 24.4 Å². The van der Waals surface area contributed by atoms with Crippen LogP contribution in [0.25, 0.3) is 10.9 Å². The van der Waals surface area contributed by atoms with E-state index in [9.17, 15) is 34.8 Å². The van der Waals surface area contributed by atoms with Gasteiger partial charge >= 0.3 is 12.4 Å². The molecule has 5 nitrogen and oxygen atoms in total. The lowest BCUT2D eigenvalue weighted by Crippen LogP contribution is -2.17. The van der Waals surface area contributed by atoms with Crippen molar-refractivity contribution in [2.24, 2.45) is 0 Å². The number of hydrogen-bond donors (Lipinski definition) is 1. The fourth-order valence-electron chi connectivity index (χ4n) is 2.85. The number of nitrogens with one attached hydrogen (secondary N) is 1. The summed E-state index contributed by atoms with van der Waals surface area (Å²) in [5.74, 6) is 0.274. The zero-order chi connectivity index (χ0) is 23.0. The first-order valence-corrected chi connectivity index (χ1v) is 10.1. The van der Waals surface area contributed by atoms with Gasteiger partial charge in [-0.3, -0.25) is 9.71 Å². The van der Waals surface area contributed by atoms with E-state index < -0.39 is 39.2 Å². The Bertz CT molecular complexity index is 1190. The Labute approximate surface area is 172 Å². The second kappa shape index (κ2) is 7.91. The van der Waals surface area contributed by atoms with E-state index in [2.05, 4.69) is 4.98 Å². The first-order chi connectivity index (χ1) is 14.3. The van der Waals surface area contributed by atoms with E-state index in [0.29, 0.717) is 12.1 Å². The molecule has 0 unspecified atom stereocenters. The molecule has 0 aliphatic carbocycles. The fourth-order valence-corrected chi connectivity index (χ4v) is 4.09. The van der Waals surface area contributed by atoms with Gasteiger partial charge in [0.25, 0.3) is 10.0 Å². The molecule has 0 bridgehead atoms. The Kier molecular flexibility index (Phi) is 5.78. The molecule has 31 heavy (non-hydrogen) atoms. The largest absolute Gasteiger partial charge is 0.492 e. The van der Waals surface area contributed by atoms with Gasteiger partial charge in [0, 0.05) is 11.6 Å². The minimum atomic E-state index is -5.11. The number of aromatic nitrogens is 1. The summed E-state index contributed by atoms with van der Waals surface area (Å²) in [6.07, 6.45) is -8.84. The summed E-state index contributed by atoms with van der Waals surface area (Å²) in [6.45, 7) is 1.97. The standard InChI is InChI=1S/C19H14F6N2O3S/c1-2-30-15-5-6-16(14-4-3-7-26-17(14)15)31(28,29)27-13-9-11(18(20,21)22)8-12(10-13)19(23,24)25/h3-10,27H,2H2,1H3. The highest BCUT2D eigenvalue weighted by molar-refractivity contribution is 7.93. The molecule has 0 aliphatic heterocycles. The summed E-state index contributed by atoms with van der Waals surface area (Å²) >= 11 is 0. The van der Waals surface area contributed by atoms with Crippen molar-refractivity contribution in [2.45, 2.75) is 24.2 Å². The average Bonchev–Trinajstić information content (AvgIpc) is 2.66. The van der Waals surface area contributed by atoms with Gasteiger partial charge in [-0.05, 0) is 49.4 Å². The van der Waals surface area contributed by atoms with Crippen molar-refractivity contribution in [3.63, 3.8) is 0 Å². The molecule has 3 aromatic rings. The van der Waals surface area contributed by atoms with Gasteiger partial charge in [0.1, 0.15) is 11.3 Å². The third-order valence-corrected chi connectivity index (χ3v) is 5.56. The Morgan fingerprint density at radius 3 is 2.13 bits per heavy atom. The SMILES string of the molecule is CCOc1ccc(S(=O)(=O)Nc2cc(C(F)(F)F)cc(C(F)(F)F)c2)c2cccnc12. The van der Waals surface area contributed by atoms with Crippen LogP contribution in [0, 0.1) is 0 Å². The lowest BCUT2D eigenvalue weighted by Gasteiger charge is -2.16. The van der Waals surface area contributed by atoms with Gasteiger partial charge in [0.2, 0.25) is 0 Å². The van der Waals surface area contributed by atoms with Crippen LogP contribution in [-0.4, -0.2) is 20.0 Å². The van der Waals surface area contributed by atoms with E-state index in [4.69, 9.17) is 4.74 Å². The molecule has 166 valence electrons. The fraction of sp³-hybridized carbons (Fsp3) is 0.211. The van der Waals surface area contributed by atoms with Crippen LogP contribution in [0.3, 0.4) is 0 Å². The Morgan fingerprint density at radius 1 is 0.968 bits per heavy atom. The third kappa shape index (κ3) is 4.84. The first-order valence-electron chi connectivity index (χ1n) is 8.66. The van der Waals surface area contributed by atoms with Gasteiger partial charge in [-0.1, -0.05) is 0 Å². The van der Waals surface area contributed by atoms with Crippen molar-refractivity contribution in [1.82, 2.24) is 4.98 Å². The van der Waals surface area contributed by atoms with E-state index in [-0.39, 0.29) is 34.2 Å². The number of fused-ring (bicyclic) bond motifs is 1. The predicted octanol–water partition coefficient (Wildman–Crippen LogP) is 5.47. The quantitative estimate of drug-likeness (QED) is 0.509. The molecule has 12 heteroatoms. The number of hydrogen-bond acceptors (Lipinski definition) is 4. The molecule has 0 atom stereocenters. The lowest BCUT2D eigenvalue weighted by molar-refractivity contribution is -0.143. The number of alkyl halides is 6. The van der Waals surface area contributed by atoms with Crippen LogP contribution in [0.15, 0.2) is 53.6 Å². The first kappa shape index (κ1) is 22.7. The second-order valence-electron chi connectivity index (χ2n) is 6.29. The van der Waals surface area contributed by atoms with Crippen LogP contribution in [0.1, 0.15) is 18.1 Å². The maximum Gasteiger partial charge on any atom is 0.416 e. The zero-order valence-corrected chi connectivity index (χ0v) is 16.5. The second-order valence-corrected chi connectivity index (χ2v) is 7.95. The molecular formula is C19H14F6N2O3S. The van der Waals surface area contributed by atoms with Crippen LogP contribution in [0.5, 0.6) is 5.75 Å². The van der Waals surface area contributed by atoms with Gasteiger partial charge < -0.3 is 4.74 Å². The topological polar surface area (TPSA) is 68.3 Å². The predicted molar refractivity (Wildman–Crippen MR) is 100 cm³/mol. The molecule has 0 fully saturated rings. The number of benzene rings is 2. The van der Waals surface area contributed by atoms with Crippen molar-refractivity contribution in [1.29, 1.82) is 0 Å². The molecule has 0 radical (unpaired) electrons. The number of halogens is 6. The summed E-state index contributed by atoms with van der Waals surface area (Å²) in [5, 5.41) is 0.0870. The number of anilines is 1. The monoisotopic (exact) mass is 464 g/mol. The highest BCUT2D eigenvalue weighted by Crippen LogP contribution is 2.38. The van der Waals surface area contributed by atoms with Crippen molar-refractivity contribution >= 4 is 26.6 Å². The Balaban J connectivity index is 2.12. The summed E-state index contributed by atoms with van der Waals surface area (Å²) in [4.78, 5) is 3.67. The third-order valence-electron chi connectivity index (χ3n) is 4.12. The van der Waals surface area contributed by atoms with E-state index >= 15 is 0 Å². The van der Waals surface area contributed by atoms with Crippen LogP contribution in [-0.2, 0) is 22.4 Å². The molecule has 0 aliphatic rings. The number of sulfonamides is 1. The summed E-state index contributed by atoms with van der Waals surface area (Å²) in [6, 6.07) is 5.77. The van der Waals surface area contributed by atoms with Gasteiger partial charge in [-0.15, -0.1) is 0 Å². The number of nitrogens with zero attached hydrogens (tertiary/aromatic N) is 1. The molecule has 1 aromatic heterocycles. The molecular weight excluding hydrogens is 450 g/mol. The number of rotatable bonds is 5. The lowest BCUT2D eigenvalue weighted by atomic mass is 10.1. The molecule has 0 saturated carbocycles.